The van der Waals surface area contributed by atoms with E-state index < -0.39 is 0 Å². The Labute approximate surface area is 136 Å². The third-order valence-corrected chi connectivity index (χ3v) is 4.86. The van der Waals surface area contributed by atoms with E-state index in [1.807, 2.05) is 31.2 Å². The lowest BCUT2D eigenvalue weighted by molar-refractivity contribution is 0.0755. The summed E-state index contributed by atoms with van der Waals surface area (Å²) in [6.45, 7) is 5.25. The summed E-state index contributed by atoms with van der Waals surface area (Å²) in [5.41, 5.74) is 0.807. The lowest BCUT2D eigenvalue weighted by atomic mass is 9.94. The minimum absolute atomic E-state index is 0.0218. The summed E-state index contributed by atoms with van der Waals surface area (Å²) in [5.74, 6) is 1.000. The van der Waals surface area contributed by atoms with E-state index in [1.165, 1.54) is 12.8 Å². The molecule has 1 heterocycles. The maximum Gasteiger partial charge on any atom is 0.179 e. The Balaban J connectivity index is 1.90. The molecule has 0 spiro atoms. The van der Waals surface area contributed by atoms with Gasteiger partial charge >= 0.3 is 0 Å². The van der Waals surface area contributed by atoms with E-state index in [-0.39, 0.29) is 11.8 Å². The monoisotopic (exact) mass is 352 g/mol. The van der Waals surface area contributed by atoms with Gasteiger partial charge in [-0.1, -0.05) is 28.1 Å². The molecule has 0 saturated carbocycles. The van der Waals surface area contributed by atoms with Crippen molar-refractivity contribution in [1.82, 2.24) is 9.80 Å². The van der Waals surface area contributed by atoms with Gasteiger partial charge in [0, 0.05) is 16.6 Å². The molecule has 0 amide bonds. The van der Waals surface area contributed by atoms with Gasteiger partial charge in [0.15, 0.2) is 5.78 Å². The number of piperidine rings is 1. The van der Waals surface area contributed by atoms with Crippen LogP contribution in [0.25, 0.3) is 0 Å². The third kappa shape index (κ3) is 4.63. The maximum absolute atomic E-state index is 12.5. The van der Waals surface area contributed by atoms with Crippen molar-refractivity contribution in [2.75, 3.05) is 33.7 Å². The van der Waals surface area contributed by atoms with Crippen LogP contribution in [0, 0.1) is 5.92 Å². The summed E-state index contributed by atoms with van der Waals surface area (Å²) in [6.07, 6.45) is 2.38. The summed E-state index contributed by atoms with van der Waals surface area (Å²) in [5, 5.41) is 0. The zero-order valence-corrected chi connectivity index (χ0v) is 14.8. The van der Waals surface area contributed by atoms with Crippen LogP contribution in [0.15, 0.2) is 28.7 Å². The lowest BCUT2D eigenvalue weighted by Gasteiger charge is -2.36. The minimum Gasteiger partial charge on any atom is -0.309 e. The smallest absolute Gasteiger partial charge is 0.179 e. The van der Waals surface area contributed by atoms with Crippen LogP contribution in [0.2, 0.25) is 0 Å². The zero-order valence-electron chi connectivity index (χ0n) is 13.2. The number of ketones is 1. The Bertz CT molecular complexity index is 464. The fraction of sp³-hybridized carbons (Fsp3) is 0.588. The number of carbonyl (C=O) groups is 1. The van der Waals surface area contributed by atoms with Crippen LogP contribution >= 0.6 is 15.9 Å². The predicted octanol–water partition coefficient (Wildman–Crippen LogP) is 3.29. The fourth-order valence-electron chi connectivity index (χ4n) is 3.06. The lowest BCUT2D eigenvalue weighted by Crippen LogP contribution is -2.45. The van der Waals surface area contributed by atoms with E-state index in [4.69, 9.17) is 0 Å². The Morgan fingerprint density at radius 3 is 2.38 bits per heavy atom. The van der Waals surface area contributed by atoms with Gasteiger partial charge in [-0.2, -0.15) is 0 Å². The van der Waals surface area contributed by atoms with Crippen molar-refractivity contribution < 1.29 is 4.79 Å². The van der Waals surface area contributed by atoms with Crippen molar-refractivity contribution in [3.63, 3.8) is 0 Å². The van der Waals surface area contributed by atoms with Gasteiger partial charge in [0.25, 0.3) is 0 Å². The van der Waals surface area contributed by atoms with Gasteiger partial charge in [0.1, 0.15) is 0 Å². The standard InChI is InChI=1S/C17H25BrN2O/c1-13(17(21)15-4-6-16(18)7-5-15)20-10-8-14(9-11-20)12-19(2)3/h4-7,13-14H,8-12H2,1-3H3. The number of carbonyl (C=O) groups excluding carboxylic acids is 1. The number of Topliss-reactive ketones (excluding diaryl/α,β-unsaturated/α-hetero) is 1. The fourth-order valence-corrected chi connectivity index (χ4v) is 3.32. The second kappa shape index (κ2) is 7.52. The summed E-state index contributed by atoms with van der Waals surface area (Å²) in [4.78, 5) is 17.1. The van der Waals surface area contributed by atoms with Gasteiger partial charge in [0.2, 0.25) is 0 Å². The predicted molar refractivity (Wildman–Crippen MR) is 90.8 cm³/mol. The molecule has 4 heteroatoms. The van der Waals surface area contributed by atoms with Crippen LogP contribution in [0.1, 0.15) is 30.1 Å². The molecule has 1 atom stereocenters. The van der Waals surface area contributed by atoms with Crippen molar-refractivity contribution in [1.29, 1.82) is 0 Å². The van der Waals surface area contributed by atoms with Crippen molar-refractivity contribution in [2.24, 2.45) is 5.92 Å². The van der Waals surface area contributed by atoms with Crippen molar-refractivity contribution >= 4 is 21.7 Å². The van der Waals surface area contributed by atoms with Crippen LogP contribution in [-0.4, -0.2) is 55.4 Å². The van der Waals surface area contributed by atoms with Gasteiger partial charge in [0.05, 0.1) is 6.04 Å². The maximum atomic E-state index is 12.5. The summed E-state index contributed by atoms with van der Waals surface area (Å²) < 4.78 is 1.01. The Kier molecular flexibility index (Phi) is 5.97. The molecule has 1 unspecified atom stereocenters. The second-order valence-electron chi connectivity index (χ2n) is 6.29. The molecule has 2 rings (SSSR count). The molecule has 116 valence electrons. The van der Waals surface area contributed by atoms with Crippen LogP contribution in [0.3, 0.4) is 0 Å². The number of hydrogen-bond acceptors (Lipinski definition) is 3. The van der Waals surface area contributed by atoms with E-state index in [1.54, 1.807) is 0 Å². The molecular weight excluding hydrogens is 328 g/mol. The van der Waals surface area contributed by atoms with Gasteiger partial charge in [-0.15, -0.1) is 0 Å². The first-order valence-electron chi connectivity index (χ1n) is 7.66. The first-order valence-corrected chi connectivity index (χ1v) is 8.45. The quantitative estimate of drug-likeness (QED) is 0.759. The number of benzene rings is 1. The molecule has 0 radical (unpaired) electrons. The van der Waals surface area contributed by atoms with Crippen molar-refractivity contribution in [3.8, 4) is 0 Å². The average molecular weight is 353 g/mol. The molecule has 0 aromatic heterocycles. The first-order chi connectivity index (χ1) is 9.97. The minimum atomic E-state index is -0.0218. The van der Waals surface area contributed by atoms with Crippen molar-refractivity contribution in [3.05, 3.63) is 34.3 Å². The van der Waals surface area contributed by atoms with E-state index in [9.17, 15) is 4.79 Å². The van der Waals surface area contributed by atoms with Gasteiger partial charge in [-0.05, 0) is 65.0 Å². The molecule has 0 aliphatic carbocycles. The molecule has 0 bridgehead atoms. The van der Waals surface area contributed by atoms with Crippen LogP contribution in [-0.2, 0) is 0 Å². The summed E-state index contributed by atoms with van der Waals surface area (Å²) >= 11 is 3.41. The number of nitrogens with zero attached hydrogens (tertiary/aromatic N) is 2. The number of halogens is 1. The number of likely N-dealkylation sites (tertiary alicyclic amines) is 1. The molecule has 0 N–H and O–H groups in total. The van der Waals surface area contributed by atoms with Crippen LogP contribution in [0.4, 0.5) is 0 Å². The van der Waals surface area contributed by atoms with Crippen LogP contribution in [0.5, 0.6) is 0 Å². The van der Waals surface area contributed by atoms with E-state index in [2.05, 4.69) is 39.8 Å². The summed E-state index contributed by atoms with van der Waals surface area (Å²) in [7, 11) is 4.26. The molecular formula is C17H25BrN2O. The highest BCUT2D eigenvalue weighted by molar-refractivity contribution is 9.10. The highest BCUT2D eigenvalue weighted by Crippen LogP contribution is 2.21. The molecule has 1 aromatic rings. The van der Waals surface area contributed by atoms with Gasteiger partial charge in [-0.25, -0.2) is 0 Å². The molecule has 1 aliphatic heterocycles. The van der Waals surface area contributed by atoms with Gasteiger partial charge in [-0.3, -0.25) is 9.69 Å². The number of rotatable bonds is 5. The third-order valence-electron chi connectivity index (χ3n) is 4.33. The van der Waals surface area contributed by atoms with E-state index in [0.29, 0.717) is 0 Å². The molecule has 21 heavy (non-hydrogen) atoms. The first kappa shape index (κ1) is 16.7. The van der Waals surface area contributed by atoms with Crippen LogP contribution < -0.4 is 0 Å². The second-order valence-corrected chi connectivity index (χ2v) is 7.20. The van der Waals surface area contributed by atoms with E-state index >= 15 is 0 Å². The molecule has 1 aliphatic rings. The highest BCUT2D eigenvalue weighted by atomic mass is 79.9. The Hall–Kier alpha value is -0.710. The SMILES string of the molecule is CC(C(=O)c1ccc(Br)cc1)N1CCC(CN(C)C)CC1. The van der Waals surface area contributed by atoms with E-state index in [0.717, 1.165) is 35.6 Å². The largest absolute Gasteiger partial charge is 0.309 e. The van der Waals surface area contributed by atoms with Gasteiger partial charge < -0.3 is 4.90 Å². The van der Waals surface area contributed by atoms with Crippen molar-refractivity contribution in [2.45, 2.75) is 25.8 Å². The average Bonchev–Trinajstić information content (AvgIpc) is 2.47. The molecule has 3 nitrogen and oxygen atoms in total. The highest BCUT2D eigenvalue weighted by Gasteiger charge is 2.27. The molecule has 1 saturated heterocycles. The topological polar surface area (TPSA) is 23.6 Å². The molecule has 1 fully saturated rings. The number of hydrogen-bond donors (Lipinski definition) is 0. The Morgan fingerprint density at radius 1 is 1.29 bits per heavy atom. The summed E-state index contributed by atoms with van der Waals surface area (Å²) in [6, 6.07) is 7.65. The normalized spacial score (nSPS) is 18.9. The zero-order chi connectivity index (χ0) is 15.4. The molecule has 1 aromatic carbocycles. The Morgan fingerprint density at radius 2 is 1.86 bits per heavy atom.